The second-order valence-corrected chi connectivity index (χ2v) is 10.3. The number of hydrogen-bond donors (Lipinski definition) is 3. The normalized spacial score (nSPS) is 20.5. The van der Waals surface area contributed by atoms with Crippen LogP contribution in [0.25, 0.3) is 0 Å². The summed E-state index contributed by atoms with van der Waals surface area (Å²) in [6.45, 7) is 0.660. The van der Waals surface area contributed by atoms with E-state index in [1.165, 1.54) is 21.9 Å². The standard InChI is InChI=1S/C29H35FN4O5/c30-21-12-10-20(11-13-21)17-23(32-26(35)18-22(31)16-19-6-2-1-3-7-19)27(36)33-14-4-8-24(33)28(37)34-15-5-9-25(34)29(38)39/h1-3,6-7,10-13,22-25H,4-5,8-9,14-18,31H2,(H,32,35)(H,38,39). The first-order chi connectivity index (χ1) is 18.7. The van der Waals surface area contributed by atoms with E-state index in [4.69, 9.17) is 5.73 Å². The number of carbonyl (C=O) groups is 4. The van der Waals surface area contributed by atoms with E-state index < -0.39 is 47.8 Å². The molecule has 0 aliphatic carbocycles. The minimum atomic E-state index is -1.05. The van der Waals surface area contributed by atoms with Crippen LogP contribution >= 0.6 is 0 Å². The molecule has 2 aliphatic rings. The summed E-state index contributed by atoms with van der Waals surface area (Å²) in [6.07, 6.45) is 2.59. The van der Waals surface area contributed by atoms with Gasteiger partial charge in [0.05, 0.1) is 0 Å². The largest absolute Gasteiger partial charge is 0.480 e. The lowest BCUT2D eigenvalue weighted by Gasteiger charge is -2.32. The molecule has 0 bridgehead atoms. The molecule has 3 amide bonds. The molecule has 39 heavy (non-hydrogen) atoms. The number of nitrogens with two attached hydrogens (primary N) is 1. The molecule has 4 N–H and O–H groups in total. The maximum Gasteiger partial charge on any atom is 0.326 e. The Balaban J connectivity index is 1.48. The molecule has 0 radical (unpaired) electrons. The van der Waals surface area contributed by atoms with Gasteiger partial charge in [0.1, 0.15) is 23.9 Å². The van der Waals surface area contributed by atoms with Gasteiger partial charge in [0.25, 0.3) is 0 Å². The van der Waals surface area contributed by atoms with Crippen LogP contribution in [-0.2, 0) is 32.0 Å². The summed E-state index contributed by atoms with van der Waals surface area (Å²) in [5.74, 6) is -2.66. The third-order valence-electron chi connectivity index (χ3n) is 7.42. The third-order valence-corrected chi connectivity index (χ3v) is 7.42. The molecule has 2 aromatic rings. The van der Waals surface area contributed by atoms with Gasteiger partial charge in [-0.2, -0.15) is 0 Å². The van der Waals surface area contributed by atoms with E-state index in [1.54, 1.807) is 12.1 Å². The van der Waals surface area contributed by atoms with Crippen LogP contribution < -0.4 is 11.1 Å². The summed E-state index contributed by atoms with van der Waals surface area (Å²) >= 11 is 0. The quantitative estimate of drug-likeness (QED) is 0.423. The van der Waals surface area contributed by atoms with Gasteiger partial charge in [-0.25, -0.2) is 9.18 Å². The van der Waals surface area contributed by atoms with Crippen molar-refractivity contribution in [1.82, 2.24) is 15.1 Å². The van der Waals surface area contributed by atoms with Crippen molar-refractivity contribution in [3.63, 3.8) is 0 Å². The van der Waals surface area contributed by atoms with E-state index >= 15 is 0 Å². The van der Waals surface area contributed by atoms with E-state index in [0.29, 0.717) is 50.8 Å². The number of nitrogens with zero attached hydrogens (tertiary/aromatic N) is 2. The van der Waals surface area contributed by atoms with Gasteiger partial charge in [-0.1, -0.05) is 42.5 Å². The third kappa shape index (κ3) is 7.20. The molecule has 9 nitrogen and oxygen atoms in total. The summed E-state index contributed by atoms with van der Waals surface area (Å²) in [6, 6.07) is 12.1. The number of nitrogens with one attached hydrogen (secondary N) is 1. The SMILES string of the molecule is NC(CC(=O)NC(Cc1ccc(F)cc1)C(=O)N1CCCC1C(=O)N1CCCC1C(=O)O)Cc1ccccc1. The molecule has 4 unspecified atom stereocenters. The van der Waals surface area contributed by atoms with Gasteiger partial charge in [-0.3, -0.25) is 14.4 Å². The summed E-state index contributed by atoms with van der Waals surface area (Å²) in [5, 5.41) is 12.3. The van der Waals surface area contributed by atoms with Crippen LogP contribution in [0.15, 0.2) is 54.6 Å². The van der Waals surface area contributed by atoms with Crippen molar-refractivity contribution < 1.29 is 28.7 Å². The fourth-order valence-electron chi connectivity index (χ4n) is 5.50. The number of carbonyl (C=O) groups excluding carboxylic acids is 3. The van der Waals surface area contributed by atoms with Crippen molar-refractivity contribution in [2.24, 2.45) is 5.73 Å². The Kier molecular flexibility index (Phi) is 9.29. The lowest BCUT2D eigenvalue weighted by atomic mass is 10.0. The highest BCUT2D eigenvalue weighted by Gasteiger charge is 2.43. The molecular weight excluding hydrogens is 503 g/mol. The lowest BCUT2D eigenvalue weighted by molar-refractivity contribution is -0.152. The zero-order valence-electron chi connectivity index (χ0n) is 21.8. The first kappa shape index (κ1) is 28.2. The second-order valence-electron chi connectivity index (χ2n) is 10.3. The zero-order valence-corrected chi connectivity index (χ0v) is 21.8. The van der Waals surface area contributed by atoms with Crippen LogP contribution in [0.3, 0.4) is 0 Å². The minimum absolute atomic E-state index is 0.00147. The number of amides is 3. The molecule has 0 saturated carbocycles. The van der Waals surface area contributed by atoms with Crippen molar-refractivity contribution in [2.45, 2.75) is 69.1 Å². The van der Waals surface area contributed by atoms with Gasteiger partial charge in [0, 0.05) is 32.0 Å². The van der Waals surface area contributed by atoms with Crippen LogP contribution in [-0.4, -0.2) is 75.9 Å². The Hall–Kier alpha value is -3.79. The summed E-state index contributed by atoms with van der Waals surface area (Å²) < 4.78 is 13.5. The van der Waals surface area contributed by atoms with Gasteiger partial charge in [0.2, 0.25) is 17.7 Å². The molecule has 0 spiro atoms. The molecule has 2 heterocycles. The highest BCUT2D eigenvalue weighted by Crippen LogP contribution is 2.26. The Bertz CT molecular complexity index is 1180. The number of carboxylic acid groups (broad SMARTS) is 1. The van der Waals surface area contributed by atoms with Crippen molar-refractivity contribution in [1.29, 1.82) is 0 Å². The molecular formula is C29H35FN4O5. The predicted octanol–water partition coefficient (Wildman–Crippen LogP) is 1.88. The van der Waals surface area contributed by atoms with Crippen LogP contribution in [0.5, 0.6) is 0 Å². The van der Waals surface area contributed by atoms with Crippen LogP contribution in [0.2, 0.25) is 0 Å². The molecule has 4 rings (SSSR count). The Morgan fingerprint density at radius 2 is 1.51 bits per heavy atom. The Labute approximate surface area is 227 Å². The highest BCUT2D eigenvalue weighted by molar-refractivity contribution is 5.94. The first-order valence-electron chi connectivity index (χ1n) is 13.4. The monoisotopic (exact) mass is 538 g/mol. The first-order valence-corrected chi connectivity index (χ1v) is 13.4. The van der Waals surface area contributed by atoms with Crippen molar-refractivity contribution in [3.8, 4) is 0 Å². The van der Waals surface area contributed by atoms with E-state index in [-0.39, 0.29) is 18.7 Å². The van der Waals surface area contributed by atoms with Gasteiger partial charge >= 0.3 is 5.97 Å². The Morgan fingerprint density at radius 3 is 2.18 bits per heavy atom. The number of hydrogen-bond acceptors (Lipinski definition) is 5. The molecule has 4 atom stereocenters. The van der Waals surface area contributed by atoms with E-state index in [1.807, 2.05) is 30.3 Å². The minimum Gasteiger partial charge on any atom is -0.480 e. The molecule has 2 aliphatic heterocycles. The highest BCUT2D eigenvalue weighted by atomic mass is 19.1. The van der Waals surface area contributed by atoms with Crippen LogP contribution in [0.4, 0.5) is 4.39 Å². The molecule has 0 aromatic heterocycles. The van der Waals surface area contributed by atoms with Crippen molar-refractivity contribution >= 4 is 23.7 Å². The van der Waals surface area contributed by atoms with Gasteiger partial charge in [-0.05, 0) is 55.4 Å². The van der Waals surface area contributed by atoms with Crippen LogP contribution in [0, 0.1) is 5.82 Å². The summed E-state index contributed by atoms with van der Waals surface area (Å²) in [5.41, 5.74) is 7.87. The van der Waals surface area contributed by atoms with Gasteiger partial charge in [-0.15, -0.1) is 0 Å². The van der Waals surface area contributed by atoms with Gasteiger partial charge < -0.3 is 26.0 Å². The molecule has 2 fully saturated rings. The number of halogens is 1. The van der Waals surface area contributed by atoms with E-state index in [0.717, 1.165) is 5.56 Å². The number of rotatable bonds is 10. The predicted molar refractivity (Wildman–Crippen MR) is 142 cm³/mol. The van der Waals surface area contributed by atoms with Gasteiger partial charge in [0.15, 0.2) is 0 Å². The number of aliphatic carboxylic acids is 1. The second kappa shape index (κ2) is 12.8. The summed E-state index contributed by atoms with van der Waals surface area (Å²) in [7, 11) is 0. The smallest absolute Gasteiger partial charge is 0.326 e. The molecule has 2 aromatic carbocycles. The summed E-state index contributed by atoms with van der Waals surface area (Å²) in [4.78, 5) is 54.6. The van der Waals surface area contributed by atoms with E-state index in [9.17, 15) is 28.7 Å². The number of carboxylic acids is 1. The topological polar surface area (TPSA) is 133 Å². The average Bonchev–Trinajstić information content (AvgIpc) is 3.60. The average molecular weight is 539 g/mol. The number of benzene rings is 2. The lowest BCUT2D eigenvalue weighted by Crippen LogP contribution is -2.56. The zero-order chi connectivity index (χ0) is 27.9. The maximum absolute atomic E-state index is 13.8. The fraction of sp³-hybridized carbons (Fsp3) is 0.448. The molecule has 208 valence electrons. The van der Waals surface area contributed by atoms with Crippen LogP contribution in [0.1, 0.15) is 43.2 Å². The molecule has 10 heteroatoms. The maximum atomic E-state index is 13.8. The fourth-order valence-corrected chi connectivity index (χ4v) is 5.50. The number of likely N-dealkylation sites (tertiary alicyclic amines) is 2. The van der Waals surface area contributed by atoms with Crippen molar-refractivity contribution in [2.75, 3.05) is 13.1 Å². The molecule has 2 saturated heterocycles. The Morgan fingerprint density at radius 1 is 0.897 bits per heavy atom. The van der Waals surface area contributed by atoms with Crippen molar-refractivity contribution in [3.05, 3.63) is 71.5 Å². The van der Waals surface area contributed by atoms with E-state index in [2.05, 4.69) is 5.32 Å².